The number of aliphatic carboxylic acids is 1. The largest absolute Gasteiger partial charge is 0.481 e. The second kappa shape index (κ2) is 6.16. The number of imide groups is 1. The average Bonchev–Trinajstić information content (AvgIpc) is 2.57. The topological polar surface area (TPSA) is 74.7 Å². The van der Waals surface area contributed by atoms with E-state index in [2.05, 4.69) is 0 Å². The predicted octanol–water partition coefficient (Wildman–Crippen LogP) is 2.69. The second-order valence-corrected chi connectivity index (χ2v) is 7.41. The van der Waals surface area contributed by atoms with Gasteiger partial charge in [-0.3, -0.25) is 19.3 Å². The molecular formula is C16H27NO4. The molecule has 1 aliphatic heterocycles. The molecule has 0 aromatic rings. The quantitative estimate of drug-likeness (QED) is 0.733. The summed E-state index contributed by atoms with van der Waals surface area (Å²) >= 11 is 0. The number of nitrogens with zero attached hydrogens (tertiary/aromatic N) is 1. The molecule has 0 radical (unpaired) electrons. The van der Waals surface area contributed by atoms with Crippen molar-refractivity contribution in [2.45, 2.75) is 60.3 Å². The van der Waals surface area contributed by atoms with E-state index in [4.69, 9.17) is 5.11 Å². The third-order valence-electron chi connectivity index (χ3n) is 4.86. The summed E-state index contributed by atoms with van der Waals surface area (Å²) in [5, 5.41) is 8.75. The monoisotopic (exact) mass is 297 g/mol. The second-order valence-electron chi connectivity index (χ2n) is 7.41. The Hall–Kier alpha value is -1.39. The third-order valence-corrected chi connectivity index (χ3v) is 4.86. The number of rotatable bonds is 7. The van der Waals surface area contributed by atoms with Gasteiger partial charge >= 0.3 is 5.97 Å². The van der Waals surface area contributed by atoms with Crippen LogP contribution in [0.4, 0.5) is 0 Å². The Morgan fingerprint density at radius 1 is 1.33 bits per heavy atom. The van der Waals surface area contributed by atoms with Crippen LogP contribution >= 0.6 is 0 Å². The minimum atomic E-state index is -0.816. The Balaban J connectivity index is 2.65. The van der Waals surface area contributed by atoms with Crippen molar-refractivity contribution in [2.75, 3.05) is 6.54 Å². The molecule has 1 N–H and O–H groups in total. The normalized spacial score (nSPS) is 23.2. The summed E-state index contributed by atoms with van der Waals surface area (Å²) in [5.74, 6) is -0.885. The smallest absolute Gasteiger partial charge is 0.303 e. The van der Waals surface area contributed by atoms with Gasteiger partial charge in [-0.1, -0.05) is 27.7 Å². The highest BCUT2D eigenvalue weighted by molar-refractivity contribution is 6.05. The first kappa shape index (κ1) is 17.7. The van der Waals surface area contributed by atoms with Gasteiger partial charge in [-0.05, 0) is 31.1 Å². The summed E-state index contributed by atoms with van der Waals surface area (Å²) < 4.78 is 0. The van der Waals surface area contributed by atoms with Crippen LogP contribution < -0.4 is 0 Å². The number of amides is 2. The van der Waals surface area contributed by atoms with Crippen molar-refractivity contribution in [1.29, 1.82) is 0 Å². The van der Waals surface area contributed by atoms with Crippen LogP contribution in [0.5, 0.6) is 0 Å². The third kappa shape index (κ3) is 4.05. The molecule has 1 atom stereocenters. The summed E-state index contributed by atoms with van der Waals surface area (Å²) in [6.07, 6.45) is 1.56. The van der Waals surface area contributed by atoms with Crippen LogP contribution in [0, 0.1) is 16.7 Å². The number of carbonyl (C=O) groups excluding carboxylic acids is 2. The van der Waals surface area contributed by atoms with E-state index in [1.807, 2.05) is 34.6 Å². The van der Waals surface area contributed by atoms with Gasteiger partial charge in [0.05, 0.1) is 5.41 Å². The minimum absolute atomic E-state index is 0.0865. The zero-order chi connectivity index (χ0) is 16.4. The molecule has 5 heteroatoms. The van der Waals surface area contributed by atoms with Gasteiger partial charge in [0.2, 0.25) is 11.8 Å². The molecule has 1 rings (SSSR count). The Bertz CT molecular complexity index is 442. The van der Waals surface area contributed by atoms with Crippen molar-refractivity contribution in [2.24, 2.45) is 16.7 Å². The summed E-state index contributed by atoms with van der Waals surface area (Å²) in [4.78, 5) is 36.6. The predicted molar refractivity (Wildman–Crippen MR) is 79.5 cm³/mol. The van der Waals surface area contributed by atoms with Gasteiger partial charge in [0.15, 0.2) is 0 Å². The molecule has 21 heavy (non-hydrogen) atoms. The van der Waals surface area contributed by atoms with E-state index in [0.29, 0.717) is 19.4 Å². The van der Waals surface area contributed by atoms with E-state index in [1.165, 1.54) is 4.90 Å². The number of carbonyl (C=O) groups is 3. The molecule has 0 saturated carbocycles. The van der Waals surface area contributed by atoms with Gasteiger partial charge in [-0.2, -0.15) is 0 Å². The number of likely N-dealkylation sites (tertiary alicyclic amines) is 1. The molecule has 0 spiro atoms. The van der Waals surface area contributed by atoms with Gasteiger partial charge in [0, 0.05) is 19.4 Å². The zero-order valence-corrected chi connectivity index (χ0v) is 13.7. The van der Waals surface area contributed by atoms with E-state index < -0.39 is 11.4 Å². The van der Waals surface area contributed by atoms with E-state index >= 15 is 0 Å². The molecule has 2 amide bonds. The Morgan fingerprint density at radius 2 is 1.90 bits per heavy atom. The number of carboxylic acid groups (broad SMARTS) is 1. The number of hydrogen-bond donors (Lipinski definition) is 1. The van der Waals surface area contributed by atoms with E-state index in [1.54, 1.807) is 0 Å². The van der Waals surface area contributed by atoms with Crippen LogP contribution in [0.25, 0.3) is 0 Å². The highest BCUT2D eigenvalue weighted by Crippen LogP contribution is 2.40. The van der Waals surface area contributed by atoms with Gasteiger partial charge in [-0.15, -0.1) is 0 Å². The summed E-state index contributed by atoms with van der Waals surface area (Å²) in [7, 11) is 0. The van der Waals surface area contributed by atoms with Gasteiger partial charge in [-0.25, -0.2) is 0 Å². The molecule has 1 saturated heterocycles. The van der Waals surface area contributed by atoms with Crippen LogP contribution in [-0.2, 0) is 14.4 Å². The SMILES string of the molecule is CC(C)C1(C)CC(=O)N(CCC(C)(C)CCC(=O)O)C1=O. The molecule has 1 heterocycles. The molecule has 5 nitrogen and oxygen atoms in total. The number of carboxylic acids is 1. The fraction of sp³-hybridized carbons (Fsp3) is 0.812. The standard InChI is InChI=1S/C16H27NO4/c1-11(2)16(5)10-12(18)17(14(16)21)9-8-15(3,4)7-6-13(19)20/h11H,6-10H2,1-5H3,(H,19,20). The fourth-order valence-corrected chi connectivity index (χ4v) is 2.57. The Morgan fingerprint density at radius 3 is 2.33 bits per heavy atom. The highest BCUT2D eigenvalue weighted by Gasteiger charge is 2.49. The fourth-order valence-electron chi connectivity index (χ4n) is 2.57. The van der Waals surface area contributed by atoms with Crippen LogP contribution in [0.2, 0.25) is 0 Å². The summed E-state index contributed by atoms with van der Waals surface area (Å²) in [6, 6.07) is 0. The lowest BCUT2D eigenvalue weighted by Crippen LogP contribution is -2.38. The van der Waals surface area contributed by atoms with Crippen LogP contribution in [0.1, 0.15) is 60.3 Å². The van der Waals surface area contributed by atoms with Crippen molar-refractivity contribution in [3.8, 4) is 0 Å². The maximum Gasteiger partial charge on any atom is 0.303 e. The lowest BCUT2D eigenvalue weighted by molar-refractivity contribution is -0.143. The highest BCUT2D eigenvalue weighted by atomic mass is 16.4. The van der Waals surface area contributed by atoms with Crippen molar-refractivity contribution < 1.29 is 19.5 Å². The maximum absolute atomic E-state index is 12.5. The minimum Gasteiger partial charge on any atom is -0.481 e. The van der Waals surface area contributed by atoms with Crippen LogP contribution in [0.3, 0.4) is 0 Å². The maximum atomic E-state index is 12.5. The van der Waals surface area contributed by atoms with E-state index in [-0.39, 0.29) is 36.0 Å². The van der Waals surface area contributed by atoms with Crippen molar-refractivity contribution >= 4 is 17.8 Å². The van der Waals surface area contributed by atoms with Crippen molar-refractivity contribution in [3.63, 3.8) is 0 Å². The first-order valence-corrected chi connectivity index (χ1v) is 7.56. The average molecular weight is 297 g/mol. The molecule has 0 aromatic heterocycles. The lowest BCUT2D eigenvalue weighted by Gasteiger charge is -2.29. The number of hydrogen-bond acceptors (Lipinski definition) is 3. The lowest BCUT2D eigenvalue weighted by atomic mass is 9.78. The Labute approximate surface area is 126 Å². The van der Waals surface area contributed by atoms with Crippen LogP contribution in [-0.4, -0.2) is 34.3 Å². The molecule has 0 bridgehead atoms. The summed E-state index contributed by atoms with van der Waals surface area (Å²) in [5.41, 5.74) is -0.794. The van der Waals surface area contributed by atoms with Gasteiger partial charge < -0.3 is 5.11 Å². The van der Waals surface area contributed by atoms with Gasteiger partial charge in [0.1, 0.15) is 0 Å². The Kier molecular flexibility index (Phi) is 5.18. The van der Waals surface area contributed by atoms with E-state index in [0.717, 1.165) is 0 Å². The van der Waals surface area contributed by atoms with Crippen molar-refractivity contribution in [3.05, 3.63) is 0 Å². The van der Waals surface area contributed by atoms with Crippen LogP contribution in [0.15, 0.2) is 0 Å². The van der Waals surface area contributed by atoms with Crippen molar-refractivity contribution in [1.82, 2.24) is 4.90 Å². The van der Waals surface area contributed by atoms with Gasteiger partial charge in [0.25, 0.3) is 0 Å². The van der Waals surface area contributed by atoms with E-state index in [9.17, 15) is 14.4 Å². The molecule has 0 aliphatic carbocycles. The molecule has 1 unspecified atom stereocenters. The molecule has 1 fully saturated rings. The molecule has 120 valence electrons. The molecular weight excluding hydrogens is 270 g/mol. The first-order valence-electron chi connectivity index (χ1n) is 7.56. The zero-order valence-electron chi connectivity index (χ0n) is 13.7. The first-order chi connectivity index (χ1) is 9.49. The summed E-state index contributed by atoms with van der Waals surface area (Å²) in [6.45, 7) is 10.1. The molecule has 1 aliphatic rings. The molecule has 0 aromatic carbocycles.